The smallest absolute Gasteiger partial charge is 0.305 e. The number of nitrogens with one attached hydrogen (secondary N) is 1. The van der Waals surface area contributed by atoms with Gasteiger partial charge < -0.3 is 45.1 Å². The van der Waals surface area contributed by atoms with E-state index in [0.29, 0.717) is 19.4 Å². The van der Waals surface area contributed by atoms with Gasteiger partial charge in [0.2, 0.25) is 5.91 Å². The lowest BCUT2D eigenvalue weighted by atomic mass is 9.99. The Morgan fingerprint density at radius 2 is 0.958 bits per heavy atom. The first-order valence-electron chi connectivity index (χ1n) is 29.9. The lowest BCUT2D eigenvalue weighted by Gasteiger charge is -2.40. The summed E-state index contributed by atoms with van der Waals surface area (Å²) in [5.41, 5.74) is 0. The molecule has 1 rings (SSSR count). The molecule has 1 aliphatic rings. The lowest BCUT2D eigenvalue weighted by molar-refractivity contribution is -0.302. The zero-order chi connectivity index (χ0) is 52.4. The Bertz CT molecular complexity index is 1340. The Hall–Kier alpha value is -2.38. The van der Waals surface area contributed by atoms with Crippen LogP contribution < -0.4 is 5.32 Å². The quantitative estimate of drug-likeness (QED) is 0.0195. The van der Waals surface area contributed by atoms with Crippen molar-refractivity contribution in [2.45, 2.75) is 307 Å². The largest absolute Gasteiger partial charge is 0.466 e. The van der Waals surface area contributed by atoms with Crippen molar-refractivity contribution in [1.82, 2.24) is 5.32 Å². The summed E-state index contributed by atoms with van der Waals surface area (Å²) in [4.78, 5) is 25.0. The Labute approximate surface area is 440 Å². The first kappa shape index (κ1) is 67.6. The molecule has 0 radical (unpaired) electrons. The number of carbonyl (C=O) groups is 2. The van der Waals surface area contributed by atoms with Crippen LogP contribution in [0, 0.1) is 0 Å². The average Bonchev–Trinajstić information content (AvgIpc) is 3.38. The molecule has 1 saturated heterocycles. The third-order valence-electron chi connectivity index (χ3n) is 14.0. The van der Waals surface area contributed by atoms with Crippen LogP contribution in [0.15, 0.2) is 48.6 Å². The molecule has 0 aromatic heterocycles. The molecule has 0 aromatic rings. The summed E-state index contributed by atoms with van der Waals surface area (Å²) in [6, 6.07) is -0.838. The summed E-state index contributed by atoms with van der Waals surface area (Å²) in [5, 5.41) is 54.1. The van der Waals surface area contributed by atoms with Gasteiger partial charge in [0, 0.05) is 12.8 Å². The van der Waals surface area contributed by atoms with Gasteiger partial charge in [-0.15, -0.1) is 0 Å². The molecule has 1 heterocycles. The molecule has 7 atom stereocenters. The normalized spacial score (nSPS) is 19.3. The highest BCUT2D eigenvalue weighted by Crippen LogP contribution is 2.23. The fraction of sp³-hybridized carbons (Fsp3) is 0.836. The maximum Gasteiger partial charge on any atom is 0.305 e. The molecule has 11 nitrogen and oxygen atoms in total. The van der Waals surface area contributed by atoms with E-state index < -0.39 is 49.5 Å². The zero-order valence-electron chi connectivity index (χ0n) is 46.1. The standard InChI is InChI=1S/C61H111NO10/c1-3-5-7-9-11-13-14-25-29-33-37-41-45-49-57(66)70-50-46-42-38-34-30-27-24-22-20-18-16-15-17-19-21-23-26-28-32-36-40-44-48-56(65)62-53(54(64)47-43-39-35-31-12-10-8-6-4-2)52-71-61-60(69)59(68)58(67)55(51-63)72-61/h4,6,12,17,19,31,43,47,53-55,58-61,63-64,67-69H,3,5,7-11,13-16,18,20-30,32-42,44-46,48-52H2,1-2H3,(H,62,65)/b6-4+,19-17-,31-12+,47-43+. The van der Waals surface area contributed by atoms with Gasteiger partial charge in [-0.05, 0) is 77.6 Å². The third kappa shape index (κ3) is 40.0. The minimum atomic E-state index is -1.58. The van der Waals surface area contributed by atoms with Crippen molar-refractivity contribution in [3.8, 4) is 0 Å². The van der Waals surface area contributed by atoms with E-state index >= 15 is 0 Å². The van der Waals surface area contributed by atoms with E-state index in [0.717, 1.165) is 83.5 Å². The van der Waals surface area contributed by atoms with E-state index in [-0.39, 0.29) is 18.5 Å². The van der Waals surface area contributed by atoms with Gasteiger partial charge in [-0.2, -0.15) is 0 Å². The predicted octanol–water partition coefficient (Wildman–Crippen LogP) is 13.7. The molecule has 6 N–H and O–H groups in total. The molecular formula is C61H111NO10. The van der Waals surface area contributed by atoms with Crippen LogP contribution in [0.1, 0.15) is 264 Å². The fourth-order valence-electron chi connectivity index (χ4n) is 9.23. The highest BCUT2D eigenvalue weighted by atomic mass is 16.7. The summed E-state index contributed by atoms with van der Waals surface area (Å²) < 4.78 is 16.6. The molecule has 72 heavy (non-hydrogen) atoms. The van der Waals surface area contributed by atoms with E-state index in [9.17, 15) is 35.1 Å². The minimum Gasteiger partial charge on any atom is -0.466 e. The predicted molar refractivity (Wildman–Crippen MR) is 297 cm³/mol. The first-order valence-corrected chi connectivity index (χ1v) is 29.9. The van der Waals surface area contributed by atoms with E-state index in [1.807, 2.05) is 19.1 Å². The number of carbonyl (C=O) groups excluding carboxylic acids is 2. The van der Waals surface area contributed by atoms with Crippen molar-refractivity contribution >= 4 is 11.9 Å². The molecular weight excluding hydrogens is 907 g/mol. The first-order chi connectivity index (χ1) is 35.2. The van der Waals surface area contributed by atoms with Crippen LogP contribution >= 0.6 is 0 Å². The van der Waals surface area contributed by atoms with Crippen LogP contribution in [-0.4, -0.2) is 100 Å². The monoisotopic (exact) mass is 1020 g/mol. The Morgan fingerprint density at radius 3 is 1.46 bits per heavy atom. The second kappa shape index (κ2) is 50.8. The average molecular weight is 1020 g/mol. The van der Waals surface area contributed by atoms with Crippen LogP contribution in [0.25, 0.3) is 0 Å². The maximum absolute atomic E-state index is 13.0. The molecule has 11 heteroatoms. The number of ether oxygens (including phenoxy) is 3. The maximum atomic E-state index is 13.0. The lowest BCUT2D eigenvalue weighted by Crippen LogP contribution is -2.60. The van der Waals surface area contributed by atoms with Crippen molar-refractivity contribution in [2.75, 3.05) is 19.8 Å². The van der Waals surface area contributed by atoms with Crippen LogP contribution in [0.3, 0.4) is 0 Å². The Kier molecular flexibility index (Phi) is 47.7. The zero-order valence-corrected chi connectivity index (χ0v) is 46.1. The number of allylic oxidation sites excluding steroid dienone is 7. The molecule has 7 unspecified atom stereocenters. The number of hydrogen-bond acceptors (Lipinski definition) is 10. The molecule has 1 fully saturated rings. The van der Waals surface area contributed by atoms with E-state index in [1.54, 1.807) is 6.08 Å². The van der Waals surface area contributed by atoms with Gasteiger partial charge >= 0.3 is 5.97 Å². The van der Waals surface area contributed by atoms with Gasteiger partial charge in [0.05, 0.1) is 32.0 Å². The van der Waals surface area contributed by atoms with E-state index in [2.05, 4.69) is 42.6 Å². The third-order valence-corrected chi connectivity index (χ3v) is 14.0. The van der Waals surface area contributed by atoms with Crippen molar-refractivity contribution in [3.05, 3.63) is 48.6 Å². The molecule has 1 aliphatic heterocycles. The van der Waals surface area contributed by atoms with Crippen molar-refractivity contribution < 1.29 is 49.3 Å². The molecule has 1 amide bonds. The van der Waals surface area contributed by atoms with Crippen LogP contribution in [0.5, 0.6) is 0 Å². The molecule has 0 aliphatic carbocycles. The number of aliphatic hydroxyl groups excluding tert-OH is 5. The second-order valence-electron chi connectivity index (χ2n) is 20.7. The number of aliphatic hydroxyl groups is 5. The summed E-state index contributed by atoms with van der Waals surface area (Å²) >= 11 is 0. The van der Waals surface area contributed by atoms with Crippen molar-refractivity contribution in [2.24, 2.45) is 0 Å². The molecule has 0 saturated carbocycles. The van der Waals surface area contributed by atoms with E-state index in [4.69, 9.17) is 14.2 Å². The number of amides is 1. The number of rotatable bonds is 51. The Morgan fingerprint density at radius 1 is 0.528 bits per heavy atom. The second-order valence-corrected chi connectivity index (χ2v) is 20.7. The Balaban J connectivity index is 2.02. The van der Waals surface area contributed by atoms with Crippen LogP contribution in [0.4, 0.5) is 0 Å². The van der Waals surface area contributed by atoms with Crippen molar-refractivity contribution in [3.63, 3.8) is 0 Å². The fourth-order valence-corrected chi connectivity index (χ4v) is 9.23. The summed E-state index contributed by atoms with van der Waals surface area (Å²) in [7, 11) is 0. The van der Waals surface area contributed by atoms with Gasteiger partial charge in [0.15, 0.2) is 6.29 Å². The van der Waals surface area contributed by atoms with Crippen molar-refractivity contribution in [1.29, 1.82) is 0 Å². The van der Waals surface area contributed by atoms with Crippen LogP contribution in [-0.2, 0) is 23.8 Å². The van der Waals surface area contributed by atoms with Gasteiger partial charge in [0.25, 0.3) is 0 Å². The highest BCUT2D eigenvalue weighted by Gasteiger charge is 2.44. The number of esters is 1. The number of hydrogen-bond donors (Lipinski definition) is 6. The molecule has 0 spiro atoms. The van der Waals surface area contributed by atoms with Gasteiger partial charge in [0.1, 0.15) is 24.4 Å². The highest BCUT2D eigenvalue weighted by molar-refractivity contribution is 5.76. The summed E-state index contributed by atoms with van der Waals surface area (Å²) in [5.74, 6) is -0.209. The van der Waals surface area contributed by atoms with Gasteiger partial charge in [-0.3, -0.25) is 9.59 Å². The topological polar surface area (TPSA) is 175 Å². The van der Waals surface area contributed by atoms with Gasteiger partial charge in [-0.25, -0.2) is 0 Å². The minimum absolute atomic E-state index is 0.00238. The van der Waals surface area contributed by atoms with E-state index in [1.165, 1.54) is 154 Å². The molecule has 0 aromatic carbocycles. The van der Waals surface area contributed by atoms with Gasteiger partial charge in [-0.1, -0.05) is 222 Å². The summed E-state index contributed by atoms with van der Waals surface area (Å²) in [6.45, 7) is 4.08. The number of unbranched alkanes of at least 4 members (excludes halogenated alkanes) is 32. The molecule has 420 valence electrons. The summed E-state index contributed by atoms with van der Waals surface area (Å²) in [6.07, 6.45) is 53.9. The molecule has 0 bridgehead atoms. The SMILES string of the molecule is C/C=C/CC/C=C/CC/C=C/C(O)C(COC1OC(CO)C(O)C(O)C1O)NC(=O)CCCCCCCCC/C=C\CCCCCCCCCCCCCOC(=O)CCCCCCCCCCCCCCC. The van der Waals surface area contributed by atoms with Crippen LogP contribution in [0.2, 0.25) is 0 Å².